The molecule has 0 aliphatic carbocycles. The van der Waals surface area contributed by atoms with Crippen molar-refractivity contribution in [2.75, 3.05) is 11.8 Å². The molecule has 0 saturated heterocycles. The summed E-state index contributed by atoms with van der Waals surface area (Å²) in [4.78, 5) is 7.39. The molecule has 0 unspecified atom stereocenters. The predicted molar refractivity (Wildman–Crippen MR) is 77.9 cm³/mol. The zero-order valence-electron chi connectivity index (χ0n) is 12.7. The van der Waals surface area contributed by atoms with Crippen molar-refractivity contribution in [1.29, 1.82) is 0 Å². The molecule has 3 aromatic rings. The highest BCUT2D eigenvalue weighted by molar-refractivity contribution is 7.92. The Morgan fingerprint density at radius 1 is 1.08 bits per heavy atom. The summed E-state index contributed by atoms with van der Waals surface area (Å²) in [5, 5.41) is 6.87. The van der Waals surface area contributed by atoms with Gasteiger partial charge in [-0.25, -0.2) is 13.0 Å². The third-order valence-corrected chi connectivity index (χ3v) is 4.23. The Kier molecular flexibility index (Phi) is 4.27. The van der Waals surface area contributed by atoms with Gasteiger partial charge in [-0.15, -0.1) is 13.2 Å². The van der Waals surface area contributed by atoms with Gasteiger partial charge in [0.2, 0.25) is 17.1 Å². The summed E-state index contributed by atoms with van der Waals surface area (Å²) in [7, 11) is -2.98. The van der Waals surface area contributed by atoms with Gasteiger partial charge in [-0.2, -0.15) is 9.97 Å². The summed E-state index contributed by atoms with van der Waals surface area (Å²) >= 11 is 0. The van der Waals surface area contributed by atoms with E-state index >= 15 is 0 Å². The lowest BCUT2D eigenvalue weighted by Gasteiger charge is -2.11. The topological polar surface area (TPSA) is 129 Å². The van der Waals surface area contributed by atoms with Crippen molar-refractivity contribution < 1.29 is 35.7 Å². The van der Waals surface area contributed by atoms with Gasteiger partial charge in [0.05, 0.1) is 12.0 Å². The van der Waals surface area contributed by atoms with E-state index in [1.54, 1.807) is 0 Å². The zero-order chi connectivity index (χ0) is 18.9. The van der Waals surface area contributed by atoms with Crippen LogP contribution in [0.5, 0.6) is 11.6 Å². The largest absolute Gasteiger partial charge is 0.573 e. The van der Waals surface area contributed by atoms with Crippen LogP contribution in [0.15, 0.2) is 33.8 Å². The van der Waals surface area contributed by atoms with Gasteiger partial charge < -0.3 is 9.47 Å². The maximum absolute atomic E-state index is 12.4. The van der Waals surface area contributed by atoms with Crippen molar-refractivity contribution in [3.05, 3.63) is 24.3 Å². The average molecular weight is 391 g/mol. The van der Waals surface area contributed by atoms with Gasteiger partial charge in [-0.3, -0.25) is 4.72 Å². The molecule has 0 saturated carbocycles. The molecule has 1 aromatic carbocycles. The molecule has 1 N–H and O–H groups in total. The smallest absolute Gasteiger partial charge is 0.478 e. The van der Waals surface area contributed by atoms with Crippen molar-refractivity contribution in [2.24, 2.45) is 0 Å². The average Bonchev–Trinajstić information content (AvgIpc) is 3.00. The van der Waals surface area contributed by atoms with E-state index in [9.17, 15) is 21.6 Å². The molecule has 0 atom stereocenters. The molecule has 0 fully saturated rings. The van der Waals surface area contributed by atoms with E-state index in [1.165, 1.54) is 7.11 Å². The molecule has 0 radical (unpaired) electrons. The van der Waals surface area contributed by atoms with Gasteiger partial charge in [0.1, 0.15) is 5.75 Å². The molecule has 138 valence electrons. The van der Waals surface area contributed by atoms with E-state index in [0.717, 1.165) is 24.3 Å². The molecule has 0 aliphatic rings. The number of nitrogens with zero attached hydrogens (tertiary/aromatic N) is 4. The number of alkyl halides is 3. The number of fused-ring (bicyclic) bond motifs is 1. The van der Waals surface area contributed by atoms with Gasteiger partial charge in [-0.05, 0) is 34.6 Å². The van der Waals surface area contributed by atoms with Crippen LogP contribution in [0.4, 0.5) is 19.0 Å². The van der Waals surface area contributed by atoms with Crippen molar-refractivity contribution in [1.82, 2.24) is 20.3 Å². The minimum absolute atomic E-state index is 0.00143. The number of anilines is 1. The first-order chi connectivity index (χ1) is 12.2. The number of ether oxygens (including phenoxy) is 2. The minimum atomic E-state index is -4.89. The fourth-order valence-corrected chi connectivity index (χ4v) is 2.84. The van der Waals surface area contributed by atoms with Crippen LogP contribution < -0.4 is 14.2 Å². The highest BCUT2D eigenvalue weighted by Gasteiger charge is 2.31. The van der Waals surface area contributed by atoms with E-state index in [1.807, 2.05) is 0 Å². The SMILES string of the molecule is COc1nc2nonc2nc1NS(=O)(=O)c1ccc(OC(F)(F)F)cc1. The van der Waals surface area contributed by atoms with Gasteiger partial charge in [0.15, 0.2) is 0 Å². The molecular weight excluding hydrogens is 383 g/mol. The highest BCUT2D eigenvalue weighted by Crippen LogP contribution is 2.27. The summed E-state index contributed by atoms with van der Waals surface area (Å²) < 4.78 is 76.3. The fourth-order valence-electron chi connectivity index (χ4n) is 1.84. The molecule has 14 heteroatoms. The zero-order valence-corrected chi connectivity index (χ0v) is 13.5. The number of sulfonamides is 1. The van der Waals surface area contributed by atoms with Gasteiger partial charge in [0, 0.05) is 0 Å². The Morgan fingerprint density at radius 2 is 1.69 bits per heavy atom. The van der Waals surface area contributed by atoms with Crippen molar-refractivity contribution >= 4 is 27.1 Å². The van der Waals surface area contributed by atoms with E-state index < -0.39 is 22.1 Å². The number of hydrogen-bond acceptors (Lipinski definition) is 9. The van der Waals surface area contributed by atoms with Gasteiger partial charge in [-0.1, -0.05) is 0 Å². The number of benzene rings is 1. The van der Waals surface area contributed by atoms with Crippen LogP contribution in [0.1, 0.15) is 0 Å². The Balaban J connectivity index is 1.89. The van der Waals surface area contributed by atoms with Crippen LogP contribution in [0.3, 0.4) is 0 Å². The number of hydrogen-bond donors (Lipinski definition) is 1. The second kappa shape index (κ2) is 6.29. The third-order valence-electron chi connectivity index (χ3n) is 2.87. The van der Waals surface area contributed by atoms with Crippen molar-refractivity contribution in [3.63, 3.8) is 0 Å². The first kappa shape index (κ1) is 17.7. The molecule has 26 heavy (non-hydrogen) atoms. The summed E-state index contributed by atoms with van der Waals surface area (Å²) in [6.07, 6.45) is -4.89. The van der Waals surface area contributed by atoms with Crippen LogP contribution in [0, 0.1) is 0 Å². The Labute approximate surface area is 143 Å². The second-order valence-electron chi connectivity index (χ2n) is 4.62. The molecular formula is C12H8F3N5O5S. The second-order valence-corrected chi connectivity index (χ2v) is 6.30. The van der Waals surface area contributed by atoms with Crippen molar-refractivity contribution in [2.45, 2.75) is 11.3 Å². The van der Waals surface area contributed by atoms with E-state index in [0.29, 0.717) is 0 Å². The van der Waals surface area contributed by atoms with Crippen LogP contribution in [0.2, 0.25) is 0 Å². The summed E-state index contributed by atoms with van der Waals surface area (Å²) in [5.74, 6) is -1.07. The van der Waals surface area contributed by atoms with Gasteiger partial charge >= 0.3 is 6.36 Å². The van der Waals surface area contributed by atoms with Crippen LogP contribution in [-0.2, 0) is 10.0 Å². The quantitative estimate of drug-likeness (QED) is 0.691. The van der Waals surface area contributed by atoms with E-state index in [2.05, 4.69) is 34.4 Å². The first-order valence-electron chi connectivity index (χ1n) is 6.61. The molecule has 0 amide bonds. The van der Waals surface area contributed by atoms with E-state index in [4.69, 9.17) is 4.74 Å². The summed E-state index contributed by atoms with van der Waals surface area (Å²) in [6.45, 7) is 0. The van der Waals surface area contributed by atoms with Crippen LogP contribution in [-0.4, -0.2) is 42.2 Å². The summed E-state index contributed by atoms with van der Waals surface area (Å²) in [5.41, 5.74) is -0.0733. The minimum Gasteiger partial charge on any atom is -0.478 e. The van der Waals surface area contributed by atoms with E-state index in [-0.39, 0.29) is 27.9 Å². The monoisotopic (exact) mass is 391 g/mol. The van der Waals surface area contributed by atoms with Crippen LogP contribution >= 0.6 is 0 Å². The first-order valence-corrected chi connectivity index (χ1v) is 8.09. The number of nitrogens with one attached hydrogen (secondary N) is 1. The standard InChI is InChI=1S/C12H8F3N5O5S/c1-23-11-10(16-8-9(17-11)19-25-18-8)20-26(21,22)7-4-2-6(3-5-7)24-12(13,14)15/h2-5H,1H3,(H,16,18,20). The highest BCUT2D eigenvalue weighted by atomic mass is 32.2. The van der Waals surface area contributed by atoms with Gasteiger partial charge in [0.25, 0.3) is 15.9 Å². The number of rotatable bonds is 5. The predicted octanol–water partition coefficient (Wildman–Crippen LogP) is 1.72. The Bertz CT molecular complexity index is 1040. The lowest BCUT2D eigenvalue weighted by atomic mass is 10.3. The molecule has 2 heterocycles. The Hall–Kier alpha value is -3.16. The molecule has 0 aliphatic heterocycles. The lowest BCUT2D eigenvalue weighted by Crippen LogP contribution is -2.18. The Morgan fingerprint density at radius 3 is 2.27 bits per heavy atom. The number of methoxy groups -OCH3 is 1. The number of aromatic nitrogens is 4. The molecule has 2 aromatic heterocycles. The number of halogens is 3. The fraction of sp³-hybridized carbons (Fsp3) is 0.167. The maximum Gasteiger partial charge on any atom is 0.573 e. The van der Waals surface area contributed by atoms with Crippen molar-refractivity contribution in [3.8, 4) is 11.6 Å². The maximum atomic E-state index is 12.4. The molecule has 3 rings (SSSR count). The molecule has 0 bridgehead atoms. The summed E-state index contributed by atoms with van der Waals surface area (Å²) in [6, 6.07) is 3.57. The third kappa shape index (κ3) is 3.74. The van der Waals surface area contributed by atoms with Crippen LogP contribution in [0.25, 0.3) is 11.3 Å². The lowest BCUT2D eigenvalue weighted by molar-refractivity contribution is -0.274. The molecule has 0 spiro atoms. The normalized spacial score (nSPS) is 12.2. The molecule has 10 nitrogen and oxygen atoms in total.